The summed E-state index contributed by atoms with van der Waals surface area (Å²) in [4.78, 5) is 0. The summed E-state index contributed by atoms with van der Waals surface area (Å²) >= 11 is 9.66. The van der Waals surface area contributed by atoms with Gasteiger partial charge in [0.2, 0.25) is 0 Å². The SMILES string of the molecule is OCC/C=C/c1c(Cl)cc2[nH]ncc2c1Br. The molecule has 0 radical (unpaired) electrons. The van der Waals surface area contributed by atoms with E-state index in [4.69, 9.17) is 16.7 Å². The van der Waals surface area contributed by atoms with Crippen LogP contribution in [0.25, 0.3) is 17.0 Å². The normalized spacial score (nSPS) is 11.7. The van der Waals surface area contributed by atoms with Gasteiger partial charge in [-0.3, -0.25) is 5.10 Å². The first-order valence-electron chi connectivity index (χ1n) is 4.82. The van der Waals surface area contributed by atoms with Gasteiger partial charge < -0.3 is 5.11 Å². The topological polar surface area (TPSA) is 48.9 Å². The summed E-state index contributed by atoms with van der Waals surface area (Å²) in [5, 5.41) is 17.2. The second-order valence-electron chi connectivity index (χ2n) is 3.33. The number of aliphatic hydroxyl groups is 1. The number of fused-ring (bicyclic) bond motifs is 1. The fourth-order valence-corrected chi connectivity index (χ4v) is 2.51. The molecule has 0 bridgehead atoms. The lowest BCUT2D eigenvalue weighted by Gasteiger charge is -2.03. The predicted octanol–water partition coefficient (Wildman–Crippen LogP) is 3.37. The number of hydrogen-bond acceptors (Lipinski definition) is 2. The molecule has 2 rings (SSSR count). The molecular formula is C11H10BrClN2O. The van der Waals surface area contributed by atoms with Crippen molar-refractivity contribution in [1.82, 2.24) is 10.2 Å². The van der Waals surface area contributed by atoms with E-state index in [1.807, 2.05) is 18.2 Å². The van der Waals surface area contributed by atoms with Crippen molar-refractivity contribution in [2.24, 2.45) is 0 Å². The molecule has 0 amide bonds. The van der Waals surface area contributed by atoms with E-state index in [-0.39, 0.29) is 6.61 Å². The Bertz CT molecular complexity index is 536. The van der Waals surface area contributed by atoms with Gasteiger partial charge in [-0.15, -0.1) is 0 Å². The summed E-state index contributed by atoms with van der Waals surface area (Å²) in [7, 11) is 0. The van der Waals surface area contributed by atoms with Crippen LogP contribution in [0.2, 0.25) is 5.02 Å². The third-order valence-electron chi connectivity index (χ3n) is 2.25. The Morgan fingerprint density at radius 1 is 1.56 bits per heavy atom. The Hall–Kier alpha value is -0.840. The molecule has 0 spiro atoms. The number of halogens is 2. The molecule has 1 aromatic heterocycles. The number of hydrogen-bond donors (Lipinski definition) is 2. The van der Waals surface area contributed by atoms with Gasteiger partial charge in [0.25, 0.3) is 0 Å². The maximum absolute atomic E-state index is 8.71. The second-order valence-corrected chi connectivity index (χ2v) is 4.53. The summed E-state index contributed by atoms with van der Waals surface area (Å²) < 4.78 is 0.915. The van der Waals surface area contributed by atoms with Crippen LogP contribution in [-0.2, 0) is 0 Å². The van der Waals surface area contributed by atoms with Gasteiger partial charge in [0.15, 0.2) is 0 Å². The van der Waals surface area contributed by atoms with Crippen LogP contribution in [0.5, 0.6) is 0 Å². The first kappa shape index (κ1) is 11.6. The number of aromatic nitrogens is 2. The number of aliphatic hydroxyl groups excluding tert-OH is 1. The number of nitrogens with zero attached hydrogens (tertiary/aromatic N) is 1. The molecule has 0 aliphatic rings. The van der Waals surface area contributed by atoms with E-state index >= 15 is 0 Å². The number of benzene rings is 1. The lowest BCUT2D eigenvalue weighted by molar-refractivity contribution is 0.303. The molecule has 84 valence electrons. The highest BCUT2D eigenvalue weighted by Crippen LogP contribution is 2.33. The third-order valence-corrected chi connectivity index (χ3v) is 3.42. The molecule has 5 heteroatoms. The van der Waals surface area contributed by atoms with E-state index in [0.717, 1.165) is 20.9 Å². The molecule has 2 N–H and O–H groups in total. The summed E-state index contributed by atoms with van der Waals surface area (Å²) in [6, 6.07) is 1.84. The van der Waals surface area contributed by atoms with Gasteiger partial charge in [0.1, 0.15) is 0 Å². The van der Waals surface area contributed by atoms with E-state index in [2.05, 4.69) is 26.1 Å². The summed E-state index contributed by atoms with van der Waals surface area (Å²) in [6.45, 7) is 0.139. The zero-order valence-corrected chi connectivity index (χ0v) is 10.7. The Kier molecular flexibility index (Phi) is 3.63. The van der Waals surface area contributed by atoms with Crippen LogP contribution in [0.15, 0.2) is 22.8 Å². The highest BCUT2D eigenvalue weighted by Gasteiger charge is 2.09. The molecule has 0 aliphatic carbocycles. The molecule has 16 heavy (non-hydrogen) atoms. The minimum absolute atomic E-state index is 0.139. The van der Waals surface area contributed by atoms with Crippen LogP contribution in [0, 0.1) is 0 Å². The molecule has 0 saturated heterocycles. The Morgan fingerprint density at radius 2 is 2.38 bits per heavy atom. The van der Waals surface area contributed by atoms with Gasteiger partial charge in [-0.25, -0.2) is 0 Å². The van der Waals surface area contributed by atoms with Gasteiger partial charge in [-0.1, -0.05) is 23.8 Å². The van der Waals surface area contributed by atoms with Crippen LogP contribution in [-0.4, -0.2) is 21.9 Å². The molecule has 3 nitrogen and oxygen atoms in total. The number of nitrogens with one attached hydrogen (secondary N) is 1. The molecule has 2 aromatic rings. The zero-order valence-electron chi connectivity index (χ0n) is 8.37. The van der Waals surface area contributed by atoms with Gasteiger partial charge in [-0.2, -0.15) is 5.10 Å². The number of H-pyrrole nitrogens is 1. The Morgan fingerprint density at radius 3 is 3.12 bits per heavy atom. The van der Waals surface area contributed by atoms with Crippen LogP contribution >= 0.6 is 27.5 Å². The average Bonchev–Trinajstić information content (AvgIpc) is 2.71. The van der Waals surface area contributed by atoms with Gasteiger partial charge in [0, 0.05) is 22.0 Å². The average molecular weight is 302 g/mol. The van der Waals surface area contributed by atoms with E-state index in [1.54, 1.807) is 6.20 Å². The highest BCUT2D eigenvalue weighted by molar-refractivity contribution is 9.10. The second kappa shape index (κ2) is 4.99. The van der Waals surface area contributed by atoms with Crippen LogP contribution < -0.4 is 0 Å². The van der Waals surface area contributed by atoms with Crippen molar-refractivity contribution in [2.75, 3.05) is 6.61 Å². The van der Waals surface area contributed by atoms with Crippen LogP contribution in [0.1, 0.15) is 12.0 Å². The van der Waals surface area contributed by atoms with Gasteiger partial charge in [-0.05, 0) is 28.4 Å². The van der Waals surface area contributed by atoms with Crippen molar-refractivity contribution in [1.29, 1.82) is 0 Å². The van der Waals surface area contributed by atoms with Gasteiger partial charge in [0.05, 0.1) is 16.7 Å². The smallest absolute Gasteiger partial charge is 0.0676 e. The number of rotatable bonds is 3. The fraction of sp³-hybridized carbons (Fsp3) is 0.182. The molecule has 1 heterocycles. The van der Waals surface area contributed by atoms with Gasteiger partial charge >= 0.3 is 0 Å². The lowest BCUT2D eigenvalue weighted by atomic mass is 10.1. The third kappa shape index (κ3) is 2.14. The molecule has 0 fully saturated rings. The summed E-state index contributed by atoms with van der Waals surface area (Å²) in [6.07, 6.45) is 6.15. The molecule has 0 saturated carbocycles. The zero-order chi connectivity index (χ0) is 11.5. The number of aromatic amines is 1. The predicted molar refractivity (Wildman–Crippen MR) is 69.5 cm³/mol. The van der Waals surface area contributed by atoms with Crippen molar-refractivity contribution in [3.05, 3.63) is 33.4 Å². The van der Waals surface area contributed by atoms with Crippen LogP contribution in [0.3, 0.4) is 0 Å². The minimum atomic E-state index is 0.139. The summed E-state index contributed by atoms with van der Waals surface area (Å²) in [5.74, 6) is 0. The largest absolute Gasteiger partial charge is 0.396 e. The summed E-state index contributed by atoms with van der Waals surface area (Å²) in [5.41, 5.74) is 1.81. The first-order chi connectivity index (χ1) is 7.74. The molecule has 0 unspecified atom stereocenters. The van der Waals surface area contributed by atoms with Crippen molar-refractivity contribution >= 4 is 44.5 Å². The van der Waals surface area contributed by atoms with E-state index in [0.29, 0.717) is 11.4 Å². The van der Waals surface area contributed by atoms with Crippen molar-refractivity contribution < 1.29 is 5.11 Å². The molecule has 1 aromatic carbocycles. The maximum atomic E-state index is 8.71. The Labute approximate surface area is 106 Å². The standard InChI is InChI=1S/C11H10BrClN2O/c12-11-7(3-1-2-4-16)9(13)5-10-8(11)6-14-15-10/h1,3,5-6,16H,2,4H2,(H,14,15)/b3-1+. The monoisotopic (exact) mass is 300 g/mol. The lowest BCUT2D eigenvalue weighted by Crippen LogP contribution is -1.82. The van der Waals surface area contributed by atoms with E-state index in [9.17, 15) is 0 Å². The minimum Gasteiger partial charge on any atom is -0.396 e. The molecule has 0 atom stereocenters. The maximum Gasteiger partial charge on any atom is 0.0676 e. The Balaban J connectivity index is 2.51. The van der Waals surface area contributed by atoms with Crippen molar-refractivity contribution in [2.45, 2.75) is 6.42 Å². The van der Waals surface area contributed by atoms with E-state index in [1.165, 1.54) is 0 Å². The van der Waals surface area contributed by atoms with Crippen molar-refractivity contribution in [3.8, 4) is 0 Å². The highest BCUT2D eigenvalue weighted by atomic mass is 79.9. The van der Waals surface area contributed by atoms with Crippen LogP contribution in [0.4, 0.5) is 0 Å². The quantitative estimate of drug-likeness (QED) is 0.913. The van der Waals surface area contributed by atoms with E-state index < -0.39 is 0 Å². The molecule has 0 aliphatic heterocycles. The fourth-order valence-electron chi connectivity index (χ4n) is 1.46. The first-order valence-corrected chi connectivity index (χ1v) is 5.99. The van der Waals surface area contributed by atoms with Crippen molar-refractivity contribution in [3.63, 3.8) is 0 Å². The molecular weight excluding hydrogens is 291 g/mol.